The molecule has 0 aliphatic rings. The molecule has 0 unspecified atom stereocenters. The van der Waals surface area contributed by atoms with Crippen LogP contribution in [-0.2, 0) is 4.79 Å². The van der Waals surface area contributed by atoms with Gasteiger partial charge in [0.15, 0.2) is 11.5 Å². The minimum absolute atomic E-state index is 0.115. The summed E-state index contributed by atoms with van der Waals surface area (Å²) in [6.07, 6.45) is 0. The predicted octanol–water partition coefficient (Wildman–Crippen LogP) is 3.56. The number of anilines is 2. The number of hydrogen-bond donors (Lipinski definition) is 2. The van der Waals surface area contributed by atoms with Gasteiger partial charge in [-0.3, -0.25) is 9.59 Å². The molecule has 0 heterocycles. The molecule has 2 aromatic carbocycles. The van der Waals surface area contributed by atoms with E-state index in [0.717, 1.165) is 0 Å². The first kappa shape index (κ1) is 20.1. The topological polar surface area (TPSA) is 85.9 Å². The number of carbonyl (C=O) groups excluding carboxylic acids is 2. The first-order valence-corrected chi connectivity index (χ1v) is 8.41. The summed E-state index contributed by atoms with van der Waals surface area (Å²) in [6.45, 7) is 3.61. The summed E-state index contributed by atoms with van der Waals surface area (Å²) < 4.78 is 15.7. The second-order valence-electron chi connectivity index (χ2n) is 6.08. The van der Waals surface area contributed by atoms with Crippen molar-refractivity contribution in [1.29, 1.82) is 0 Å². The van der Waals surface area contributed by atoms with E-state index in [9.17, 15) is 9.59 Å². The van der Waals surface area contributed by atoms with Crippen LogP contribution in [0, 0.1) is 5.92 Å². The normalized spacial score (nSPS) is 10.3. The molecule has 2 aromatic rings. The van der Waals surface area contributed by atoms with Gasteiger partial charge < -0.3 is 24.8 Å². The van der Waals surface area contributed by atoms with E-state index >= 15 is 0 Å². The maximum Gasteiger partial charge on any atom is 0.255 e. The lowest BCUT2D eigenvalue weighted by Crippen LogP contribution is -2.18. The Kier molecular flexibility index (Phi) is 6.65. The summed E-state index contributed by atoms with van der Waals surface area (Å²) in [6, 6.07) is 9.93. The maximum atomic E-state index is 12.5. The molecule has 0 saturated heterocycles. The van der Waals surface area contributed by atoms with Crippen LogP contribution in [0.5, 0.6) is 17.2 Å². The zero-order valence-corrected chi connectivity index (χ0v) is 16.1. The molecule has 2 amide bonds. The van der Waals surface area contributed by atoms with Gasteiger partial charge in [-0.05, 0) is 30.3 Å². The minimum atomic E-state index is -0.308. The van der Waals surface area contributed by atoms with Crippen molar-refractivity contribution in [3.05, 3.63) is 42.0 Å². The van der Waals surface area contributed by atoms with Crippen molar-refractivity contribution in [3.63, 3.8) is 0 Å². The molecule has 0 bridgehead atoms. The molecule has 27 heavy (non-hydrogen) atoms. The molecule has 144 valence electrons. The number of amides is 2. The van der Waals surface area contributed by atoms with Gasteiger partial charge in [-0.25, -0.2) is 0 Å². The van der Waals surface area contributed by atoms with Crippen LogP contribution in [0.4, 0.5) is 11.4 Å². The fourth-order valence-corrected chi connectivity index (χ4v) is 2.33. The van der Waals surface area contributed by atoms with Crippen molar-refractivity contribution < 1.29 is 23.8 Å². The molecular formula is C20H24N2O5. The molecule has 7 heteroatoms. The van der Waals surface area contributed by atoms with Crippen LogP contribution >= 0.6 is 0 Å². The Balaban J connectivity index is 2.19. The summed E-state index contributed by atoms with van der Waals surface area (Å²) in [5.41, 5.74) is 1.50. The van der Waals surface area contributed by atoms with Crippen molar-refractivity contribution in [1.82, 2.24) is 0 Å². The lowest BCUT2D eigenvalue weighted by molar-refractivity contribution is -0.118. The Morgan fingerprint density at radius 1 is 0.815 bits per heavy atom. The van der Waals surface area contributed by atoms with E-state index in [1.165, 1.54) is 21.3 Å². The fraction of sp³-hybridized carbons (Fsp3) is 0.300. The van der Waals surface area contributed by atoms with E-state index in [1.54, 1.807) is 50.2 Å². The molecule has 2 N–H and O–H groups in total. The van der Waals surface area contributed by atoms with E-state index in [-0.39, 0.29) is 17.7 Å². The summed E-state index contributed by atoms with van der Waals surface area (Å²) >= 11 is 0. The Labute approximate surface area is 158 Å². The van der Waals surface area contributed by atoms with Gasteiger partial charge in [-0.15, -0.1) is 0 Å². The highest BCUT2D eigenvalue weighted by molar-refractivity contribution is 6.05. The van der Waals surface area contributed by atoms with Gasteiger partial charge in [0.25, 0.3) is 5.91 Å². The van der Waals surface area contributed by atoms with Crippen LogP contribution in [0.15, 0.2) is 36.4 Å². The number of methoxy groups -OCH3 is 3. The van der Waals surface area contributed by atoms with Crippen LogP contribution in [0.1, 0.15) is 24.2 Å². The Bertz CT molecular complexity index is 833. The zero-order valence-electron chi connectivity index (χ0n) is 16.1. The molecule has 0 aliphatic heterocycles. The van der Waals surface area contributed by atoms with Gasteiger partial charge in [0.1, 0.15) is 5.75 Å². The quantitative estimate of drug-likeness (QED) is 0.776. The van der Waals surface area contributed by atoms with Gasteiger partial charge in [0.2, 0.25) is 5.91 Å². The van der Waals surface area contributed by atoms with Crippen LogP contribution in [-0.4, -0.2) is 33.1 Å². The molecule has 0 spiro atoms. The molecule has 0 aromatic heterocycles. The molecule has 0 atom stereocenters. The minimum Gasteiger partial charge on any atom is -0.494 e. The average Bonchev–Trinajstić information content (AvgIpc) is 2.68. The van der Waals surface area contributed by atoms with Crippen molar-refractivity contribution in [3.8, 4) is 17.2 Å². The highest BCUT2D eigenvalue weighted by atomic mass is 16.5. The second kappa shape index (κ2) is 8.93. The Morgan fingerprint density at radius 2 is 1.48 bits per heavy atom. The monoisotopic (exact) mass is 372 g/mol. The van der Waals surface area contributed by atoms with Crippen LogP contribution in [0.25, 0.3) is 0 Å². The van der Waals surface area contributed by atoms with Crippen molar-refractivity contribution in [2.75, 3.05) is 32.0 Å². The highest BCUT2D eigenvalue weighted by Crippen LogP contribution is 2.30. The molecule has 0 aliphatic carbocycles. The third-order valence-corrected chi connectivity index (χ3v) is 3.89. The lowest BCUT2D eigenvalue weighted by atomic mass is 10.1. The molecule has 7 nitrogen and oxygen atoms in total. The standard InChI is InChI=1S/C20H24N2O5/c1-12(2)19(23)22-15-8-7-14(11-17(15)26-4)21-20(24)13-6-9-16(25-3)18(10-13)27-5/h6-12H,1-5H3,(H,21,24)(H,22,23). The number of nitrogens with one attached hydrogen (secondary N) is 2. The summed E-state index contributed by atoms with van der Waals surface area (Å²) in [4.78, 5) is 24.4. The van der Waals surface area contributed by atoms with Gasteiger partial charge in [0, 0.05) is 23.2 Å². The predicted molar refractivity (Wildman–Crippen MR) is 104 cm³/mol. The van der Waals surface area contributed by atoms with Gasteiger partial charge in [-0.1, -0.05) is 13.8 Å². The third-order valence-electron chi connectivity index (χ3n) is 3.89. The molecule has 0 fully saturated rings. The van der Waals surface area contributed by atoms with E-state index < -0.39 is 0 Å². The lowest BCUT2D eigenvalue weighted by Gasteiger charge is -2.14. The number of carbonyl (C=O) groups is 2. The van der Waals surface area contributed by atoms with Crippen LogP contribution < -0.4 is 24.8 Å². The number of rotatable bonds is 7. The maximum absolute atomic E-state index is 12.5. The highest BCUT2D eigenvalue weighted by Gasteiger charge is 2.14. The summed E-state index contributed by atoms with van der Waals surface area (Å²) in [7, 11) is 4.54. The van der Waals surface area contributed by atoms with Crippen LogP contribution in [0.2, 0.25) is 0 Å². The fourth-order valence-electron chi connectivity index (χ4n) is 2.33. The smallest absolute Gasteiger partial charge is 0.255 e. The number of ether oxygens (including phenoxy) is 3. The number of hydrogen-bond acceptors (Lipinski definition) is 5. The molecule has 2 rings (SSSR count). The Morgan fingerprint density at radius 3 is 2.07 bits per heavy atom. The molecule has 0 saturated carbocycles. The van der Waals surface area contributed by atoms with Gasteiger partial charge in [-0.2, -0.15) is 0 Å². The molecular weight excluding hydrogens is 348 g/mol. The Hall–Kier alpha value is -3.22. The summed E-state index contributed by atoms with van der Waals surface area (Å²) in [5, 5.41) is 5.59. The first-order chi connectivity index (χ1) is 12.9. The van der Waals surface area contributed by atoms with Crippen LogP contribution in [0.3, 0.4) is 0 Å². The SMILES string of the molecule is COc1cc(NC(=O)c2ccc(OC)c(OC)c2)ccc1NC(=O)C(C)C. The van der Waals surface area contributed by atoms with E-state index in [0.29, 0.717) is 34.2 Å². The van der Waals surface area contributed by atoms with E-state index in [2.05, 4.69) is 10.6 Å². The van der Waals surface area contributed by atoms with Crippen molar-refractivity contribution >= 4 is 23.2 Å². The van der Waals surface area contributed by atoms with E-state index in [1.807, 2.05) is 0 Å². The second-order valence-corrected chi connectivity index (χ2v) is 6.08. The first-order valence-electron chi connectivity index (χ1n) is 8.41. The molecule has 0 radical (unpaired) electrons. The largest absolute Gasteiger partial charge is 0.494 e. The zero-order chi connectivity index (χ0) is 20.0. The number of benzene rings is 2. The van der Waals surface area contributed by atoms with Crippen molar-refractivity contribution in [2.24, 2.45) is 5.92 Å². The van der Waals surface area contributed by atoms with Gasteiger partial charge >= 0.3 is 0 Å². The summed E-state index contributed by atoms with van der Waals surface area (Å²) in [5.74, 6) is 0.885. The third kappa shape index (κ3) is 4.91. The average molecular weight is 372 g/mol. The van der Waals surface area contributed by atoms with Crippen molar-refractivity contribution in [2.45, 2.75) is 13.8 Å². The van der Waals surface area contributed by atoms with E-state index in [4.69, 9.17) is 14.2 Å². The van der Waals surface area contributed by atoms with Gasteiger partial charge in [0.05, 0.1) is 27.0 Å².